The van der Waals surface area contributed by atoms with Gasteiger partial charge in [0.2, 0.25) is 5.88 Å². The number of thiazole rings is 1. The Labute approximate surface area is 134 Å². The summed E-state index contributed by atoms with van der Waals surface area (Å²) in [6.07, 6.45) is 1.53. The molecule has 0 unspecified atom stereocenters. The SMILES string of the molecule is Cc1ccccc1C(=O)Nc1onc(-c2nccs2)c1C(=O)O. The van der Waals surface area contributed by atoms with Gasteiger partial charge in [-0.05, 0) is 18.6 Å². The van der Waals surface area contributed by atoms with E-state index in [1.807, 2.05) is 6.07 Å². The zero-order chi connectivity index (χ0) is 16.4. The van der Waals surface area contributed by atoms with Crippen LogP contribution in [0.4, 0.5) is 5.88 Å². The standard InChI is InChI=1S/C15H11N3O4S/c1-8-4-2-3-5-9(8)12(19)17-13-10(15(20)21)11(18-22-13)14-16-6-7-23-14/h2-7H,1H3,(H,17,19)(H,20,21). The van der Waals surface area contributed by atoms with Crippen molar-refractivity contribution in [1.82, 2.24) is 10.1 Å². The summed E-state index contributed by atoms with van der Waals surface area (Å²) in [6, 6.07) is 6.96. The molecule has 0 atom stereocenters. The largest absolute Gasteiger partial charge is 0.477 e. The van der Waals surface area contributed by atoms with Crippen molar-refractivity contribution < 1.29 is 19.2 Å². The Bertz CT molecular complexity index is 871. The lowest BCUT2D eigenvalue weighted by Gasteiger charge is -2.05. The van der Waals surface area contributed by atoms with E-state index in [-0.39, 0.29) is 17.1 Å². The highest BCUT2D eigenvalue weighted by molar-refractivity contribution is 7.13. The van der Waals surface area contributed by atoms with E-state index in [4.69, 9.17) is 4.52 Å². The number of nitrogens with one attached hydrogen (secondary N) is 1. The molecule has 0 aliphatic rings. The number of carbonyl (C=O) groups excluding carboxylic acids is 1. The fraction of sp³-hybridized carbons (Fsp3) is 0.0667. The van der Waals surface area contributed by atoms with Crippen LogP contribution in [0.5, 0.6) is 0 Å². The van der Waals surface area contributed by atoms with Gasteiger partial charge in [-0.3, -0.25) is 10.1 Å². The predicted octanol–water partition coefficient (Wildman–Crippen LogP) is 3.06. The van der Waals surface area contributed by atoms with E-state index < -0.39 is 11.9 Å². The van der Waals surface area contributed by atoms with Crippen molar-refractivity contribution in [3.63, 3.8) is 0 Å². The van der Waals surface area contributed by atoms with E-state index in [0.717, 1.165) is 5.56 Å². The highest BCUT2D eigenvalue weighted by atomic mass is 32.1. The summed E-state index contributed by atoms with van der Waals surface area (Å²) in [5.41, 5.74) is 1.06. The second kappa shape index (κ2) is 6.01. The number of nitrogens with zero attached hydrogens (tertiary/aromatic N) is 2. The quantitative estimate of drug-likeness (QED) is 0.762. The van der Waals surface area contributed by atoms with Gasteiger partial charge < -0.3 is 9.63 Å². The summed E-state index contributed by atoms with van der Waals surface area (Å²) in [6.45, 7) is 1.79. The molecule has 0 aliphatic carbocycles. The average molecular weight is 329 g/mol. The molecule has 0 saturated carbocycles. The molecule has 1 amide bonds. The minimum Gasteiger partial charge on any atom is -0.477 e. The van der Waals surface area contributed by atoms with Crippen LogP contribution < -0.4 is 5.32 Å². The molecular formula is C15H11N3O4S. The number of rotatable bonds is 4. The molecule has 0 radical (unpaired) electrons. The minimum atomic E-state index is -1.25. The van der Waals surface area contributed by atoms with Crippen LogP contribution in [0.3, 0.4) is 0 Å². The number of benzene rings is 1. The molecule has 0 spiro atoms. The van der Waals surface area contributed by atoms with Gasteiger partial charge in [-0.25, -0.2) is 9.78 Å². The van der Waals surface area contributed by atoms with Gasteiger partial charge in [0, 0.05) is 17.1 Å². The second-order valence-corrected chi connectivity index (χ2v) is 5.54. The molecule has 2 aromatic heterocycles. The Morgan fingerprint density at radius 3 is 2.74 bits per heavy atom. The van der Waals surface area contributed by atoms with Crippen molar-refractivity contribution >= 4 is 29.1 Å². The molecule has 8 heteroatoms. The third-order valence-electron chi connectivity index (χ3n) is 3.16. The number of anilines is 1. The number of carboxylic acids is 1. The van der Waals surface area contributed by atoms with Crippen LogP contribution in [0.15, 0.2) is 40.4 Å². The lowest BCUT2D eigenvalue weighted by molar-refractivity contribution is 0.0698. The van der Waals surface area contributed by atoms with Crippen molar-refractivity contribution in [2.75, 3.05) is 5.32 Å². The van der Waals surface area contributed by atoms with E-state index in [0.29, 0.717) is 10.6 Å². The van der Waals surface area contributed by atoms with Crippen molar-refractivity contribution in [1.29, 1.82) is 0 Å². The maximum Gasteiger partial charge on any atom is 0.343 e. The molecule has 7 nitrogen and oxygen atoms in total. The number of amides is 1. The molecule has 0 saturated heterocycles. The van der Waals surface area contributed by atoms with Crippen LogP contribution in [0.2, 0.25) is 0 Å². The van der Waals surface area contributed by atoms with Crippen LogP contribution in [-0.2, 0) is 0 Å². The molecule has 0 fully saturated rings. The molecular weight excluding hydrogens is 318 g/mol. The Morgan fingerprint density at radius 2 is 2.09 bits per heavy atom. The summed E-state index contributed by atoms with van der Waals surface area (Å²) < 4.78 is 5.02. The highest BCUT2D eigenvalue weighted by Crippen LogP contribution is 2.30. The van der Waals surface area contributed by atoms with Gasteiger partial charge in [0.1, 0.15) is 5.01 Å². The number of hydrogen-bond donors (Lipinski definition) is 2. The van der Waals surface area contributed by atoms with E-state index in [9.17, 15) is 14.7 Å². The fourth-order valence-corrected chi connectivity index (χ4v) is 2.68. The van der Waals surface area contributed by atoms with Crippen LogP contribution in [0.1, 0.15) is 26.3 Å². The van der Waals surface area contributed by atoms with Crippen molar-refractivity contribution in [3.05, 3.63) is 52.5 Å². The van der Waals surface area contributed by atoms with Gasteiger partial charge >= 0.3 is 5.97 Å². The molecule has 1 aromatic carbocycles. The number of aromatic nitrogens is 2. The first-order valence-corrected chi connectivity index (χ1v) is 7.45. The summed E-state index contributed by atoms with van der Waals surface area (Å²) >= 11 is 1.23. The molecule has 116 valence electrons. The number of aromatic carboxylic acids is 1. The van der Waals surface area contributed by atoms with Gasteiger partial charge in [-0.1, -0.05) is 23.4 Å². The Morgan fingerprint density at radius 1 is 1.30 bits per heavy atom. The normalized spacial score (nSPS) is 10.5. The number of aryl methyl sites for hydroxylation is 1. The summed E-state index contributed by atoms with van der Waals surface area (Å²) in [7, 11) is 0. The van der Waals surface area contributed by atoms with Crippen molar-refractivity contribution in [3.8, 4) is 10.7 Å². The van der Waals surface area contributed by atoms with Crippen LogP contribution in [-0.4, -0.2) is 27.1 Å². The number of carbonyl (C=O) groups is 2. The molecule has 0 aliphatic heterocycles. The summed E-state index contributed by atoms with van der Waals surface area (Å²) in [5, 5.41) is 17.7. The second-order valence-electron chi connectivity index (χ2n) is 4.65. The summed E-state index contributed by atoms with van der Waals surface area (Å²) in [5.74, 6) is -1.93. The Balaban J connectivity index is 1.97. The maximum absolute atomic E-state index is 12.3. The molecule has 3 aromatic rings. The van der Waals surface area contributed by atoms with Gasteiger partial charge in [-0.15, -0.1) is 11.3 Å². The fourth-order valence-electron chi connectivity index (χ4n) is 2.06. The third kappa shape index (κ3) is 2.84. The Hall–Kier alpha value is -3.00. The van der Waals surface area contributed by atoms with Gasteiger partial charge in [0.05, 0.1) is 0 Å². The van der Waals surface area contributed by atoms with E-state index in [1.165, 1.54) is 17.5 Å². The van der Waals surface area contributed by atoms with E-state index in [1.54, 1.807) is 30.5 Å². The predicted molar refractivity (Wildman–Crippen MR) is 83.7 cm³/mol. The monoisotopic (exact) mass is 329 g/mol. The first-order chi connectivity index (χ1) is 11.1. The van der Waals surface area contributed by atoms with Crippen molar-refractivity contribution in [2.45, 2.75) is 6.92 Å². The maximum atomic E-state index is 12.3. The Kier molecular flexibility index (Phi) is 3.90. The van der Waals surface area contributed by atoms with Gasteiger partial charge in [0.15, 0.2) is 11.3 Å². The topological polar surface area (TPSA) is 105 Å². The van der Waals surface area contributed by atoms with E-state index in [2.05, 4.69) is 15.5 Å². The molecule has 23 heavy (non-hydrogen) atoms. The molecule has 0 bridgehead atoms. The van der Waals surface area contributed by atoms with Gasteiger partial charge in [-0.2, -0.15) is 0 Å². The molecule has 2 N–H and O–H groups in total. The minimum absolute atomic E-state index is 0.0904. The lowest BCUT2D eigenvalue weighted by atomic mass is 10.1. The average Bonchev–Trinajstić information content (AvgIpc) is 3.16. The first kappa shape index (κ1) is 14.9. The smallest absolute Gasteiger partial charge is 0.343 e. The zero-order valence-corrected chi connectivity index (χ0v) is 12.8. The lowest BCUT2D eigenvalue weighted by Crippen LogP contribution is -2.15. The highest BCUT2D eigenvalue weighted by Gasteiger charge is 2.26. The zero-order valence-electron chi connectivity index (χ0n) is 11.9. The summed E-state index contributed by atoms with van der Waals surface area (Å²) in [4.78, 5) is 27.8. The van der Waals surface area contributed by atoms with Crippen LogP contribution in [0, 0.1) is 6.92 Å². The number of carboxylic acid groups (broad SMARTS) is 1. The first-order valence-electron chi connectivity index (χ1n) is 6.57. The van der Waals surface area contributed by atoms with Crippen LogP contribution in [0.25, 0.3) is 10.7 Å². The number of hydrogen-bond acceptors (Lipinski definition) is 6. The molecule has 2 heterocycles. The van der Waals surface area contributed by atoms with Crippen molar-refractivity contribution in [2.24, 2.45) is 0 Å². The third-order valence-corrected chi connectivity index (χ3v) is 3.94. The van der Waals surface area contributed by atoms with E-state index >= 15 is 0 Å². The molecule has 3 rings (SSSR count). The van der Waals surface area contributed by atoms with Gasteiger partial charge in [0.25, 0.3) is 5.91 Å². The van der Waals surface area contributed by atoms with Crippen LogP contribution >= 0.6 is 11.3 Å².